The number of hydrogen-bond donors (Lipinski definition) is 0. The van der Waals surface area contributed by atoms with Gasteiger partial charge in [0, 0.05) is 18.0 Å². The van der Waals surface area contributed by atoms with Crippen LogP contribution in [0.5, 0.6) is 0 Å². The van der Waals surface area contributed by atoms with Crippen molar-refractivity contribution in [3.63, 3.8) is 0 Å². The summed E-state index contributed by atoms with van der Waals surface area (Å²) < 4.78 is 1.57. The molecule has 0 N–H and O–H groups in total. The first-order valence-electron chi connectivity index (χ1n) is 5.46. The van der Waals surface area contributed by atoms with E-state index in [0.717, 1.165) is 11.3 Å². The molecule has 3 heterocycles. The number of nitrogens with zero attached hydrogens (tertiary/aromatic N) is 5. The fraction of sp³-hybridized carbons (Fsp3) is 0.0769. The van der Waals surface area contributed by atoms with Gasteiger partial charge in [-0.05, 0) is 31.2 Å². The van der Waals surface area contributed by atoms with Crippen LogP contribution in [-0.4, -0.2) is 19.6 Å². The van der Waals surface area contributed by atoms with E-state index in [-0.39, 0.29) is 0 Å². The van der Waals surface area contributed by atoms with Crippen molar-refractivity contribution in [2.24, 2.45) is 0 Å². The molecule has 3 aromatic heterocycles. The topological polar surface area (TPSA) is 66.9 Å². The minimum Gasteiger partial charge on any atom is -0.264 e. The molecule has 18 heavy (non-hydrogen) atoms. The van der Waals surface area contributed by atoms with Gasteiger partial charge in [0.2, 0.25) is 0 Å². The summed E-state index contributed by atoms with van der Waals surface area (Å²) in [7, 11) is 0. The van der Waals surface area contributed by atoms with Crippen LogP contribution in [0.15, 0.2) is 36.7 Å². The molecule has 0 amide bonds. The Bertz CT molecular complexity index is 752. The standard InChI is InChI=1S/C13H9N5/c1-9-12(7-14)18-13(16-9)5-4-11(17-18)10-3-2-6-15-8-10/h2-6,8H,1H3. The highest BCUT2D eigenvalue weighted by atomic mass is 15.3. The monoisotopic (exact) mass is 235 g/mol. The van der Waals surface area contributed by atoms with Crippen molar-refractivity contribution < 1.29 is 0 Å². The minimum absolute atomic E-state index is 0.468. The Morgan fingerprint density at radius 1 is 1.28 bits per heavy atom. The predicted octanol–water partition coefficient (Wildman–Crippen LogP) is 1.97. The van der Waals surface area contributed by atoms with Gasteiger partial charge in [0.15, 0.2) is 11.3 Å². The van der Waals surface area contributed by atoms with Crippen LogP contribution >= 0.6 is 0 Å². The summed E-state index contributed by atoms with van der Waals surface area (Å²) in [5.41, 5.74) is 3.51. The summed E-state index contributed by atoms with van der Waals surface area (Å²) in [6.07, 6.45) is 3.45. The molecular weight excluding hydrogens is 226 g/mol. The average molecular weight is 235 g/mol. The molecule has 0 saturated heterocycles. The SMILES string of the molecule is Cc1nc2ccc(-c3cccnc3)nn2c1C#N. The van der Waals surface area contributed by atoms with Crippen LogP contribution in [0.4, 0.5) is 0 Å². The lowest BCUT2D eigenvalue weighted by atomic mass is 10.2. The number of nitriles is 1. The molecule has 0 unspecified atom stereocenters. The predicted molar refractivity (Wildman–Crippen MR) is 65.7 cm³/mol. The molecule has 5 heteroatoms. The summed E-state index contributed by atoms with van der Waals surface area (Å²) in [5, 5.41) is 13.5. The number of aromatic nitrogens is 4. The summed E-state index contributed by atoms with van der Waals surface area (Å²) in [4.78, 5) is 8.34. The Morgan fingerprint density at radius 3 is 2.89 bits per heavy atom. The molecule has 0 spiro atoms. The molecule has 5 nitrogen and oxygen atoms in total. The van der Waals surface area contributed by atoms with Gasteiger partial charge in [-0.3, -0.25) is 4.98 Å². The van der Waals surface area contributed by atoms with Crippen molar-refractivity contribution in [3.8, 4) is 17.3 Å². The van der Waals surface area contributed by atoms with E-state index < -0.39 is 0 Å². The van der Waals surface area contributed by atoms with Crippen molar-refractivity contribution in [1.29, 1.82) is 5.26 Å². The van der Waals surface area contributed by atoms with E-state index in [1.807, 2.05) is 24.3 Å². The molecule has 0 aliphatic heterocycles. The first-order valence-corrected chi connectivity index (χ1v) is 5.46. The molecule has 0 aromatic carbocycles. The van der Waals surface area contributed by atoms with Crippen LogP contribution in [0.3, 0.4) is 0 Å². The number of hydrogen-bond acceptors (Lipinski definition) is 4. The number of imidazole rings is 1. The normalized spacial score (nSPS) is 10.4. The first kappa shape index (κ1) is 10.4. The number of pyridine rings is 1. The smallest absolute Gasteiger partial charge is 0.165 e. The second kappa shape index (κ2) is 3.93. The fourth-order valence-electron chi connectivity index (χ4n) is 1.84. The molecule has 86 valence electrons. The van der Waals surface area contributed by atoms with E-state index in [1.54, 1.807) is 23.8 Å². The first-order chi connectivity index (χ1) is 8.79. The van der Waals surface area contributed by atoms with Crippen molar-refractivity contribution in [3.05, 3.63) is 48.0 Å². The van der Waals surface area contributed by atoms with Gasteiger partial charge in [0.1, 0.15) is 6.07 Å². The Morgan fingerprint density at radius 2 is 2.17 bits per heavy atom. The zero-order valence-electron chi connectivity index (χ0n) is 9.70. The van der Waals surface area contributed by atoms with Crippen LogP contribution < -0.4 is 0 Å². The second-order valence-electron chi connectivity index (χ2n) is 3.89. The van der Waals surface area contributed by atoms with Gasteiger partial charge in [0.05, 0.1) is 11.4 Å². The largest absolute Gasteiger partial charge is 0.264 e. The lowest BCUT2D eigenvalue weighted by molar-refractivity contribution is 0.923. The van der Waals surface area contributed by atoms with E-state index in [4.69, 9.17) is 5.26 Å². The van der Waals surface area contributed by atoms with E-state index in [2.05, 4.69) is 21.1 Å². The third-order valence-corrected chi connectivity index (χ3v) is 2.71. The van der Waals surface area contributed by atoms with Crippen LogP contribution in [0.2, 0.25) is 0 Å². The molecule has 0 radical (unpaired) electrons. The van der Waals surface area contributed by atoms with Gasteiger partial charge in [-0.25, -0.2) is 9.50 Å². The third kappa shape index (κ3) is 1.52. The molecule has 0 aliphatic carbocycles. The summed E-state index contributed by atoms with van der Waals surface area (Å²) in [5.74, 6) is 0. The Kier molecular flexibility index (Phi) is 2.27. The number of fused-ring (bicyclic) bond motifs is 1. The number of aryl methyl sites for hydroxylation is 1. The zero-order valence-corrected chi connectivity index (χ0v) is 9.70. The van der Waals surface area contributed by atoms with Gasteiger partial charge >= 0.3 is 0 Å². The minimum atomic E-state index is 0.468. The maximum atomic E-state index is 9.10. The van der Waals surface area contributed by atoms with Crippen molar-refractivity contribution in [1.82, 2.24) is 19.6 Å². The van der Waals surface area contributed by atoms with E-state index in [0.29, 0.717) is 17.0 Å². The lowest BCUT2D eigenvalue weighted by Crippen LogP contribution is -1.97. The van der Waals surface area contributed by atoms with Crippen molar-refractivity contribution in [2.45, 2.75) is 6.92 Å². The molecule has 0 saturated carbocycles. The van der Waals surface area contributed by atoms with Gasteiger partial charge < -0.3 is 0 Å². The van der Waals surface area contributed by atoms with Crippen LogP contribution in [0.1, 0.15) is 11.4 Å². The van der Waals surface area contributed by atoms with Gasteiger partial charge in [0.25, 0.3) is 0 Å². The van der Waals surface area contributed by atoms with Gasteiger partial charge in [-0.15, -0.1) is 0 Å². The highest BCUT2D eigenvalue weighted by Gasteiger charge is 2.10. The maximum absolute atomic E-state index is 9.10. The van der Waals surface area contributed by atoms with Crippen molar-refractivity contribution >= 4 is 5.65 Å². The van der Waals surface area contributed by atoms with Crippen LogP contribution in [-0.2, 0) is 0 Å². The van der Waals surface area contributed by atoms with E-state index >= 15 is 0 Å². The van der Waals surface area contributed by atoms with E-state index in [1.165, 1.54) is 0 Å². The molecule has 0 atom stereocenters. The molecular formula is C13H9N5. The molecule has 0 bridgehead atoms. The Balaban J connectivity index is 2.26. The molecule has 3 rings (SSSR count). The summed E-state index contributed by atoms with van der Waals surface area (Å²) in [6.45, 7) is 1.80. The Hall–Kier alpha value is -2.74. The highest BCUT2D eigenvalue weighted by Crippen LogP contribution is 2.17. The second-order valence-corrected chi connectivity index (χ2v) is 3.89. The number of rotatable bonds is 1. The third-order valence-electron chi connectivity index (χ3n) is 2.71. The highest BCUT2D eigenvalue weighted by molar-refractivity contribution is 5.59. The average Bonchev–Trinajstić information content (AvgIpc) is 2.74. The van der Waals surface area contributed by atoms with Crippen LogP contribution in [0, 0.1) is 18.3 Å². The summed E-state index contributed by atoms with van der Waals surface area (Å²) in [6, 6.07) is 9.62. The maximum Gasteiger partial charge on any atom is 0.165 e. The fourth-order valence-corrected chi connectivity index (χ4v) is 1.84. The summed E-state index contributed by atoms with van der Waals surface area (Å²) >= 11 is 0. The van der Waals surface area contributed by atoms with Crippen LogP contribution in [0.25, 0.3) is 16.9 Å². The zero-order chi connectivity index (χ0) is 12.5. The molecule has 0 fully saturated rings. The lowest BCUT2D eigenvalue weighted by Gasteiger charge is -2.00. The van der Waals surface area contributed by atoms with Gasteiger partial charge in [-0.2, -0.15) is 10.4 Å². The Labute approximate surface area is 103 Å². The van der Waals surface area contributed by atoms with E-state index in [9.17, 15) is 0 Å². The molecule has 3 aromatic rings. The quantitative estimate of drug-likeness (QED) is 0.646. The van der Waals surface area contributed by atoms with Crippen molar-refractivity contribution in [2.75, 3.05) is 0 Å². The molecule has 0 aliphatic rings. The van der Waals surface area contributed by atoms with Gasteiger partial charge in [-0.1, -0.05) is 0 Å².